The van der Waals surface area contributed by atoms with Crippen LogP contribution in [0.4, 0.5) is 5.69 Å². The molecule has 1 aromatic carbocycles. The lowest BCUT2D eigenvalue weighted by molar-refractivity contribution is 0.679. The van der Waals surface area contributed by atoms with Crippen molar-refractivity contribution in [3.05, 3.63) is 28.8 Å². The van der Waals surface area contributed by atoms with Crippen LogP contribution in [0.2, 0.25) is 5.02 Å². The first kappa shape index (κ1) is 13.2. The first-order valence-electron chi connectivity index (χ1n) is 6.98. The number of rotatable bonds is 6. The third-order valence-corrected chi connectivity index (χ3v) is 4.37. The Hall–Kier alpha value is -0.800. The number of hydrogen-bond acceptors (Lipinski definition) is 2. The number of hydrogen-bond donors (Lipinski definition) is 1. The van der Waals surface area contributed by atoms with Crippen LogP contribution in [0.15, 0.2) is 18.2 Å². The molecule has 2 aliphatic rings. The second-order valence-electron chi connectivity index (χ2n) is 5.82. The molecular weight excluding hydrogens is 276 g/mol. The van der Waals surface area contributed by atoms with E-state index in [-0.39, 0.29) is 0 Å². The molecule has 0 amide bonds. The van der Waals surface area contributed by atoms with Crippen LogP contribution >= 0.6 is 23.8 Å². The van der Waals surface area contributed by atoms with Gasteiger partial charge in [0.15, 0.2) is 0 Å². The van der Waals surface area contributed by atoms with Gasteiger partial charge in [-0.25, -0.2) is 0 Å². The molecule has 102 valence electrons. The SMILES string of the molecule is NC(=S)c1cc(Cl)ccc1N(CC1CC1)CC1CC1. The molecular formula is C15H19ClN2S. The maximum absolute atomic E-state index is 6.07. The number of nitrogens with two attached hydrogens (primary N) is 1. The summed E-state index contributed by atoms with van der Waals surface area (Å²) in [6, 6.07) is 5.90. The first-order chi connectivity index (χ1) is 9.13. The van der Waals surface area contributed by atoms with E-state index in [0.717, 1.165) is 36.2 Å². The smallest absolute Gasteiger partial charge is 0.106 e. The molecule has 0 atom stereocenters. The third-order valence-electron chi connectivity index (χ3n) is 3.92. The van der Waals surface area contributed by atoms with E-state index in [9.17, 15) is 0 Å². The molecule has 0 aliphatic heterocycles. The van der Waals surface area contributed by atoms with E-state index in [1.807, 2.05) is 12.1 Å². The van der Waals surface area contributed by atoms with Gasteiger partial charge in [0.05, 0.1) is 0 Å². The Balaban J connectivity index is 1.88. The van der Waals surface area contributed by atoms with Gasteiger partial charge in [-0.15, -0.1) is 0 Å². The molecule has 0 bridgehead atoms. The Morgan fingerprint density at radius 1 is 1.21 bits per heavy atom. The van der Waals surface area contributed by atoms with Crippen LogP contribution < -0.4 is 10.6 Å². The molecule has 0 aromatic heterocycles. The van der Waals surface area contributed by atoms with E-state index in [2.05, 4.69) is 11.0 Å². The van der Waals surface area contributed by atoms with Crippen molar-refractivity contribution in [3.63, 3.8) is 0 Å². The van der Waals surface area contributed by atoms with Crippen molar-refractivity contribution < 1.29 is 0 Å². The first-order valence-corrected chi connectivity index (χ1v) is 7.76. The summed E-state index contributed by atoms with van der Waals surface area (Å²) in [6.07, 6.45) is 5.43. The lowest BCUT2D eigenvalue weighted by Crippen LogP contribution is -2.30. The van der Waals surface area contributed by atoms with Crippen molar-refractivity contribution in [2.75, 3.05) is 18.0 Å². The number of benzene rings is 1. The number of nitrogens with zero attached hydrogens (tertiary/aromatic N) is 1. The van der Waals surface area contributed by atoms with Crippen molar-refractivity contribution >= 4 is 34.5 Å². The van der Waals surface area contributed by atoms with Crippen LogP contribution in [-0.4, -0.2) is 18.1 Å². The van der Waals surface area contributed by atoms with Crippen molar-refractivity contribution in [3.8, 4) is 0 Å². The van der Waals surface area contributed by atoms with Crippen molar-refractivity contribution in [1.82, 2.24) is 0 Å². The molecule has 4 heteroatoms. The topological polar surface area (TPSA) is 29.3 Å². The number of halogens is 1. The molecule has 2 saturated carbocycles. The van der Waals surface area contributed by atoms with E-state index < -0.39 is 0 Å². The molecule has 2 aliphatic carbocycles. The van der Waals surface area contributed by atoms with Crippen LogP contribution in [0.1, 0.15) is 31.2 Å². The summed E-state index contributed by atoms with van der Waals surface area (Å²) in [5, 5.41) is 0.698. The van der Waals surface area contributed by atoms with Gasteiger partial charge >= 0.3 is 0 Å². The average molecular weight is 295 g/mol. The highest BCUT2D eigenvalue weighted by molar-refractivity contribution is 7.80. The highest BCUT2D eigenvalue weighted by atomic mass is 35.5. The second-order valence-corrected chi connectivity index (χ2v) is 6.69. The van der Waals surface area contributed by atoms with E-state index >= 15 is 0 Å². The summed E-state index contributed by atoms with van der Waals surface area (Å²) in [5.74, 6) is 1.71. The van der Waals surface area contributed by atoms with E-state index in [4.69, 9.17) is 29.6 Å². The predicted octanol–water partition coefficient (Wildman–Crippen LogP) is 3.60. The van der Waals surface area contributed by atoms with Gasteiger partial charge in [0.25, 0.3) is 0 Å². The molecule has 0 saturated heterocycles. The Labute approximate surface area is 124 Å². The van der Waals surface area contributed by atoms with Crippen molar-refractivity contribution in [2.24, 2.45) is 17.6 Å². The predicted molar refractivity (Wildman–Crippen MR) is 85.0 cm³/mol. The van der Waals surface area contributed by atoms with Crippen LogP contribution in [0.3, 0.4) is 0 Å². The average Bonchev–Trinajstić information content (AvgIpc) is 3.23. The minimum absolute atomic E-state index is 0.439. The molecule has 1 aromatic rings. The highest BCUT2D eigenvalue weighted by Crippen LogP contribution is 2.37. The van der Waals surface area contributed by atoms with Gasteiger partial charge in [-0.3, -0.25) is 0 Å². The van der Waals surface area contributed by atoms with E-state index in [1.165, 1.54) is 25.7 Å². The van der Waals surface area contributed by atoms with Crippen LogP contribution in [0.5, 0.6) is 0 Å². The Morgan fingerprint density at radius 3 is 2.26 bits per heavy atom. The fourth-order valence-electron chi connectivity index (χ4n) is 2.48. The fraction of sp³-hybridized carbons (Fsp3) is 0.533. The minimum atomic E-state index is 0.439. The summed E-state index contributed by atoms with van der Waals surface area (Å²) in [6.45, 7) is 2.27. The van der Waals surface area contributed by atoms with Crippen molar-refractivity contribution in [1.29, 1.82) is 0 Å². The Bertz CT molecular complexity index is 481. The summed E-state index contributed by atoms with van der Waals surface area (Å²) < 4.78 is 0. The molecule has 0 unspecified atom stereocenters. The maximum Gasteiger partial charge on any atom is 0.106 e. The lowest BCUT2D eigenvalue weighted by atomic mass is 10.1. The van der Waals surface area contributed by atoms with Crippen LogP contribution in [0, 0.1) is 11.8 Å². The molecule has 3 rings (SSSR count). The zero-order chi connectivity index (χ0) is 13.4. The molecule has 0 spiro atoms. The van der Waals surface area contributed by atoms with Gasteiger partial charge in [-0.05, 0) is 55.7 Å². The summed E-state index contributed by atoms with van der Waals surface area (Å²) in [5.41, 5.74) is 7.94. The quantitative estimate of drug-likeness (QED) is 0.813. The van der Waals surface area contributed by atoms with Crippen LogP contribution in [-0.2, 0) is 0 Å². The van der Waals surface area contributed by atoms with Crippen molar-refractivity contribution in [2.45, 2.75) is 25.7 Å². The standard InChI is InChI=1S/C15H19ClN2S/c16-12-5-6-14(13(7-12)15(17)19)18(8-10-1-2-10)9-11-3-4-11/h5-7,10-11H,1-4,8-9H2,(H2,17,19). The second kappa shape index (κ2) is 5.29. The zero-order valence-corrected chi connectivity index (χ0v) is 12.5. The van der Waals surface area contributed by atoms with Gasteiger partial charge in [-0.2, -0.15) is 0 Å². The molecule has 2 N–H and O–H groups in total. The normalized spacial score (nSPS) is 18.4. The highest BCUT2D eigenvalue weighted by Gasteiger charge is 2.30. The molecule has 19 heavy (non-hydrogen) atoms. The monoisotopic (exact) mass is 294 g/mol. The molecule has 0 radical (unpaired) electrons. The molecule has 2 fully saturated rings. The largest absolute Gasteiger partial charge is 0.389 e. The van der Waals surface area contributed by atoms with Gasteiger partial charge in [0.1, 0.15) is 4.99 Å². The van der Waals surface area contributed by atoms with E-state index in [0.29, 0.717) is 10.0 Å². The Morgan fingerprint density at radius 2 is 1.79 bits per heavy atom. The maximum atomic E-state index is 6.07. The summed E-state index contributed by atoms with van der Waals surface area (Å²) in [4.78, 5) is 2.91. The fourth-order valence-corrected chi connectivity index (χ4v) is 2.81. The molecule has 2 nitrogen and oxygen atoms in total. The lowest BCUT2D eigenvalue weighted by Gasteiger charge is -2.27. The van der Waals surface area contributed by atoms with Gasteiger partial charge in [0, 0.05) is 29.4 Å². The van der Waals surface area contributed by atoms with Gasteiger partial charge in [-0.1, -0.05) is 23.8 Å². The van der Waals surface area contributed by atoms with Crippen LogP contribution in [0.25, 0.3) is 0 Å². The third kappa shape index (κ3) is 3.40. The van der Waals surface area contributed by atoms with Gasteiger partial charge < -0.3 is 10.6 Å². The minimum Gasteiger partial charge on any atom is -0.389 e. The number of anilines is 1. The number of thiocarbonyl (C=S) groups is 1. The Kier molecular flexibility index (Phi) is 3.68. The summed E-state index contributed by atoms with van der Waals surface area (Å²) in [7, 11) is 0. The van der Waals surface area contributed by atoms with Gasteiger partial charge in [0.2, 0.25) is 0 Å². The summed E-state index contributed by atoms with van der Waals surface area (Å²) >= 11 is 11.2. The molecule has 0 heterocycles. The zero-order valence-electron chi connectivity index (χ0n) is 10.9. The van der Waals surface area contributed by atoms with E-state index in [1.54, 1.807) is 0 Å².